The minimum Gasteiger partial charge on any atom is -0.493 e. The lowest BCUT2D eigenvalue weighted by molar-refractivity contribution is -0.150. The SMILES string of the molecule is CCOc1cc(C(CCN(O)C=O)N2Cc3cccc(NC(C)=O)c3C2=O)ccc1OC. The molecule has 3 amide bonds. The van der Waals surface area contributed by atoms with Gasteiger partial charge in [-0.25, -0.2) is 5.06 Å². The lowest BCUT2D eigenvalue weighted by Gasteiger charge is -2.29. The molecule has 9 heteroatoms. The molecule has 170 valence electrons. The van der Waals surface area contributed by atoms with Crippen LogP contribution >= 0.6 is 0 Å². The van der Waals surface area contributed by atoms with Gasteiger partial charge in [-0.2, -0.15) is 0 Å². The summed E-state index contributed by atoms with van der Waals surface area (Å²) in [6.45, 7) is 4.05. The first-order valence-electron chi connectivity index (χ1n) is 10.3. The van der Waals surface area contributed by atoms with Crippen molar-refractivity contribution in [2.24, 2.45) is 0 Å². The van der Waals surface area contributed by atoms with Crippen molar-refractivity contribution >= 4 is 23.9 Å². The maximum absolute atomic E-state index is 13.4. The van der Waals surface area contributed by atoms with Crippen molar-refractivity contribution in [1.82, 2.24) is 9.96 Å². The number of nitrogens with zero attached hydrogens (tertiary/aromatic N) is 2. The van der Waals surface area contributed by atoms with Crippen LogP contribution in [0.5, 0.6) is 11.5 Å². The molecular weight excluding hydrogens is 414 g/mol. The fourth-order valence-electron chi connectivity index (χ4n) is 3.91. The lowest BCUT2D eigenvalue weighted by Crippen LogP contribution is -2.32. The molecule has 32 heavy (non-hydrogen) atoms. The first kappa shape index (κ1) is 23.1. The van der Waals surface area contributed by atoms with E-state index in [-0.39, 0.29) is 18.4 Å². The fourth-order valence-corrected chi connectivity index (χ4v) is 3.91. The van der Waals surface area contributed by atoms with Gasteiger partial charge in [0.15, 0.2) is 11.5 Å². The first-order chi connectivity index (χ1) is 15.4. The van der Waals surface area contributed by atoms with Crippen LogP contribution in [-0.4, -0.2) is 53.7 Å². The third kappa shape index (κ3) is 4.83. The van der Waals surface area contributed by atoms with Crippen LogP contribution in [-0.2, 0) is 16.1 Å². The van der Waals surface area contributed by atoms with Crippen LogP contribution in [0.2, 0.25) is 0 Å². The monoisotopic (exact) mass is 441 g/mol. The maximum atomic E-state index is 13.4. The summed E-state index contributed by atoms with van der Waals surface area (Å²) in [7, 11) is 1.55. The predicted octanol–water partition coefficient (Wildman–Crippen LogP) is 2.99. The zero-order valence-electron chi connectivity index (χ0n) is 18.3. The van der Waals surface area contributed by atoms with Crippen molar-refractivity contribution in [2.45, 2.75) is 32.9 Å². The Labute approximate surface area is 186 Å². The number of methoxy groups -OCH3 is 1. The van der Waals surface area contributed by atoms with E-state index in [1.54, 1.807) is 36.3 Å². The van der Waals surface area contributed by atoms with E-state index in [0.717, 1.165) is 11.1 Å². The topological polar surface area (TPSA) is 108 Å². The summed E-state index contributed by atoms with van der Waals surface area (Å²) in [5.41, 5.74) is 2.47. The molecule has 0 saturated heterocycles. The van der Waals surface area contributed by atoms with Crippen molar-refractivity contribution in [3.8, 4) is 11.5 Å². The Balaban J connectivity index is 2.00. The van der Waals surface area contributed by atoms with Crippen LogP contribution in [0.25, 0.3) is 0 Å². The summed E-state index contributed by atoms with van der Waals surface area (Å²) in [5, 5.41) is 12.9. The molecule has 0 fully saturated rings. The molecule has 1 aliphatic heterocycles. The van der Waals surface area contributed by atoms with Crippen LogP contribution < -0.4 is 14.8 Å². The molecule has 1 heterocycles. The Hall–Kier alpha value is -3.59. The second-order valence-corrected chi connectivity index (χ2v) is 7.37. The smallest absolute Gasteiger partial charge is 0.257 e. The third-order valence-electron chi connectivity index (χ3n) is 5.28. The molecule has 1 aliphatic rings. The molecule has 2 N–H and O–H groups in total. The molecule has 0 spiro atoms. The number of hydrogen-bond acceptors (Lipinski definition) is 6. The zero-order chi connectivity index (χ0) is 23.3. The third-order valence-corrected chi connectivity index (χ3v) is 5.28. The van der Waals surface area contributed by atoms with E-state index in [1.165, 1.54) is 6.92 Å². The molecule has 2 aromatic rings. The van der Waals surface area contributed by atoms with Gasteiger partial charge in [-0.15, -0.1) is 0 Å². The molecule has 0 aliphatic carbocycles. The molecule has 3 rings (SSSR count). The predicted molar refractivity (Wildman–Crippen MR) is 117 cm³/mol. The highest BCUT2D eigenvalue weighted by molar-refractivity contribution is 6.06. The molecule has 2 aromatic carbocycles. The van der Waals surface area contributed by atoms with Crippen LogP contribution in [0.3, 0.4) is 0 Å². The van der Waals surface area contributed by atoms with E-state index < -0.39 is 6.04 Å². The number of hydrogen-bond donors (Lipinski definition) is 2. The molecule has 9 nitrogen and oxygen atoms in total. The van der Waals surface area contributed by atoms with Crippen molar-refractivity contribution in [3.05, 3.63) is 53.1 Å². The van der Waals surface area contributed by atoms with E-state index >= 15 is 0 Å². The highest BCUT2D eigenvalue weighted by Gasteiger charge is 2.36. The van der Waals surface area contributed by atoms with Gasteiger partial charge in [0.1, 0.15) is 0 Å². The van der Waals surface area contributed by atoms with E-state index in [9.17, 15) is 19.6 Å². The number of amides is 3. The number of hydroxylamine groups is 2. The number of benzene rings is 2. The average molecular weight is 441 g/mol. The van der Waals surface area contributed by atoms with E-state index in [4.69, 9.17) is 9.47 Å². The van der Waals surface area contributed by atoms with Gasteiger partial charge in [-0.05, 0) is 42.7 Å². The van der Waals surface area contributed by atoms with Crippen LogP contribution in [0.15, 0.2) is 36.4 Å². The van der Waals surface area contributed by atoms with Gasteiger partial charge in [-0.3, -0.25) is 19.6 Å². The molecule has 1 unspecified atom stereocenters. The number of ether oxygens (including phenoxy) is 2. The number of carbonyl (C=O) groups is 3. The minimum atomic E-state index is -0.459. The highest BCUT2D eigenvalue weighted by Crippen LogP contribution is 2.39. The number of nitrogens with one attached hydrogen (secondary N) is 1. The van der Waals surface area contributed by atoms with Gasteiger partial charge in [0, 0.05) is 13.5 Å². The van der Waals surface area contributed by atoms with Crippen LogP contribution in [0.4, 0.5) is 5.69 Å². The second kappa shape index (κ2) is 10.1. The summed E-state index contributed by atoms with van der Waals surface area (Å²) in [6.07, 6.45) is 0.620. The number of carbonyl (C=O) groups excluding carboxylic acids is 3. The van der Waals surface area contributed by atoms with Gasteiger partial charge in [-0.1, -0.05) is 18.2 Å². The van der Waals surface area contributed by atoms with Gasteiger partial charge < -0.3 is 19.7 Å². The summed E-state index contributed by atoms with van der Waals surface area (Å²) in [6, 6.07) is 10.3. The molecule has 1 atom stereocenters. The van der Waals surface area contributed by atoms with E-state index in [1.807, 2.05) is 19.1 Å². The van der Waals surface area contributed by atoms with Gasteiger partial charge in [0.05, 0.1) is 37.6 Å². The first-order valence-corrected chi connectivity index (χ1v) is 10.3. The quantitative estimate of drug-likeness (QED) is 0.333. The summed E-state index contributed by atoms with van der Waals surface area (Å²) in [5.74, 6) is 0.602. The van der Waals surface area contributed by atoms with Crippen LogP contribution in [0, 0.1) is 0 Å². The Morgan fingerprint density at radius 2 is 2.09 bits per heavy atom. The van der Waals surface area contributed by atoms with Crippen LogP contribution in [0.1, 0.15) is 47.8 Å². The van der Waals surface area contributed by atoms with E-state index in [0.29, 0.717) is 53.8 Å². The summed E-state index contributed by atoms with van der Waals surface area (Å²) >= 11 is 0. The molecule has 0 radical (unpaired) electrons. The maximum Gasteiger partial charge on any atom is 0.257 e. The van der Waals surface area contributed by atoms with Crippen molar-refractivity contribution in [1.29, 1.82) is 0 Å². The Bertz CT molecular complexity index is 1010. The standard InChI is InChI=1S/C23H27N3O6/c1-4-32-21-12-16(8-9-20(21)31-3)19(10-11-25(30)14-27)26-13-17-6-5-7-18(24-15(2)28)22(17)23(26)29/h5-9,12,14,19,30H,4,10-11,13H2,1-3H3,(H,24,28). The van der Waals surface area contributed by atoms with E-state index in [2.05, 4.69) is 5.32 Å². The Kier molecular flexibility index (Phi) is 7.32. The molecular formula is C23H27N3O6. The molecule has 0 aromatic heterocycles. The summed E-state index contributed by atoms with van der Waals surface area (Å²) < 4.78 is 11.0. The van der Waals surface area contributed by atoms with Gasteiger partial charge >= 0.3 is 0 Å². The normalized spacial score (nSPS) is 13.4. The molecule has 0 bridgehead atoms. The molecule has 0 saturated carbocycles. The summed E-state index contributed by atoms with van der Waals surface area (Å²) in [4.78, 5) is 37.6. The van der Waals surface area contributed by atoms with Gasteiger partial charge in [0.25, 0.3) is 5.91 Å². The zero-order valence-corrected chi connectivity index (χ0v) is 18.3. The van der Waals surface area contributed by atoms with Crippen molar-refractivity contribution < 1.29 is 29.1 Å². The highest BCUT2D eigenvalue weighted by atomic mass is 16.5. The Morgan fingerprint density at radius 1 is 1.31 bits per heavy atom. The lowest BCUT2D eigenvalue weighted by atomic mass is 10.0. The number of fused-ring (bicyclic) bond motifs is 1. The number of rotatable bonds is 10. The fraction of sp³-hybridized carbons (Fsp3) is 0.348. The largest absolute Gasteiger partial charge is 0.493 e. The second-order valence-electron chi connectivity index (χ2n) is 7.37. The minimum absolute atomic E-state index is 0.0306. The average Bonchev–Trinajstić information content (AvgIpc) is 3.11. The van der Waals surface area contributed by atoms with Gasteiger partial charge in [0.2, 0.25) is 12.3 Å². The Morgan fingerprint density at radius 3 is 2.75 bits per heavy atom. The van der Waals surface area contributed by atoms with Crippen molar-refractivity contribution in [3.63, 3.8) is 0 Å². The number of anilines is 1. The van der Waals surface area contributed by atoms with Crippen molar-refractivity contribution in [2.75, 3.05) is 25.6 Å².